The van der Waals surface area contributed by atoms with Crippen LogP contribution in [0.4, 0.5) is 0 Å². The molecule has 0 unspecified atom stereocenters. The van der Waals surface area contributed by atoms with Gasteiger partial charge in [0.1, 0.15) is 4.99 Å². The molecule has 0 amide bonds. The lowest BCUT2D eigenvalue weighted by atomic mass is 10.3. The van der Waals surface area contributed by atoms with Gasteiger partial charge in [0.2, 0.25) is 0 Å². The Balaban J connectivity index is 2.88. The first-order valence-electron chi connectivity index (χ1n) is 5.74. The Hall–Kier alpha value is -0.260. The summed E-state index contributed by atoms with van der Waals surface area (Å²) in [5.74, 6) is 2.15. The maximum Gasteiger partial charge on any atom is 0.104 e. The van der Waals surface area contributed by atoms with Gasteiger partial charge in [-0.1, -0.05) is 26.1 Å². The zero-order valence-electron chi connectivity index (χ0n) is 10.2. The van der Waals surface area contributed by atoms with Crippen LogP contribution >= 0.6 is 35.7 Å². The molecule has 1 aromatic rings. The van der Waals surface area contributed by atoms with E-state index in [1.807, 2.05) is 12.1 Å². The van der Waals surface area contributed by atoms with Crippen LogP contribution in [0.2, 0.25) is 0 Å². The van der Waals surface area contributed by atoms with Crippen LogP contribution in [0.5, 0.6) is 0 Å². The molecule has 0 aromatic carbocycles. The van der Waals surface area contributed by atoms with Crippen LogP contribution in [0.15, 0.2) is 22.2 Å². The van der Waals surface area contributed by atoms with Crippen LogP contribution < -0.4 is 5.73 Å². The lowest BCUT2D eigenvalue weighted by Gasteiger charge is -2.07. The standard InChI is InChI=1S/C12H18N2S3/c1-3-5-16-10-7-9(12(13)15)8-11(14-10)17-6-4-2/h7-8H,3-6H2,1-2H3,(H2,13,15). The molecule has 94 valence electrons. The zero-order valence-corrected chi connectivity index (χ0v) is 12.7. The maximum absolute atomic E-state index is 5.69. The van der Waals surface area contributed by atoms with Crippen molar-refractivity contribution < 1.29 is 0 Å². The van der Waals surface area contributed by atoms with E-state index in [-0.39, 0.29) is 0 Å². The van der Waals surface area contributed by atoms with Gasteiger partial charge in [-0.3, -0.25) is 0 Å². The number of hydrogen-bond acceptors (Lipinski definition) is 4. The van der Waals surface area contributed by atoms with Gasteiger partial charge in [-0.05, 0) is 36.5 Å². The summed E-state index contributed by atoms with van der Waals surface area (Å²) in [6.07, 6.45) is 2.28. The number of thioether (sulfide) groups is 2. The third-order valence-electron chi connectivity index (χ3n) is 1.97. The maximum atomic E-state index is 5.69. The summed E-state index contributed by atoms with van der Waals surface area (Å²) in [5.41, 5.74) is 6.62. The summed E-state index contributed by atoms with van der Waals surface area (Å²) in [4.78, 5) is 5.05. The predicted octanol–water partition coefficient (Wildman–Crippen LogP) is 3.72. The molecule has 17 heavy (non-hydrogen) atoms. The molecular weight excluding hydrogens is 268 g/mol. The van der Waals surface area contributed by atoms with E-state index in [0.29, 0.717) is 4.99 Å². The van der Waals surface area contributed by atoms with Gasteiger partial charge in [0, 0.05) is 5.56 Å². The highest BCUT2D eigenvalue weighted by molar-refractivity contribution is 7.99. The van der Waals surface area contributed by atoms with E-state index in [1.165, 1.54) is 0 Å². The van der Waals surface area contributed by atoms with Crippen molar-refractivity contribution in [2.24, 2.45) is 5.73 Å². The molecule has 0 saturated carbocycles. The van der Waals surface area contributed by atoms with Gasteiger partial charge < -0.3 is 5.73 Å². The minimum absolute atomic E-state index is 0.448. The lowest BCUT2D eigenvalue weighted by Crippen LogP contribution is -2.10. The second kappa shape index (κ2) is 7.95. The number of aromatic nitrogens is 1. The van der Waals surface area contributed by atoms with Crippen LogP contribution in [0.3, 0.4) is 0 Å². The molecule has 2 nitrogen and oxygen atoms in total. The van der Waals surface area contributed by atoms with Crippen molar-refractivity contribution >= 4 is 40.7 Å². The van der Waals surface area contributed by atoms with Gasteiger partial charge in [0.25, 0.3) is 0 Å². The Morgan fingerprint density at radius 3 is 2.00 bits per heavy atom. The van der Waals surface area contributed by atoms with Crippen molar-refractivity contribution in [1.29, 1.82) is 0 Å². The third-order valence-corrected chi connectivity index (χ3v) is 4.44. The number of nitrogens with zero attached hydrogens (tertiary/aromatic N) is 1. The quantitative estimate of drug-likeness (QED) is 0.611. The minimum Gasteiger partial charge on any atom is -0.389 e. The molecule has 2 N–H and O–H groups in total. The van der Waals surface area contributed by atoms with Crippen LogP contribution in [-0.4, -0.2) is 21.5 Å². The molecule has 0 spiro atoms. The fourth-order valence-corrected chi connectivity index (χ4v) is 2.93. The summed E-state index contributed by atoms with van der Waals surface area (Å²) in [6, 6.07) is 3.97. The van der Waals surface area contributed by atoms with Gasteiger partial charge in [-0.2, -0.15) is 0 Å². The smallest absolute Gasteiger partial charge is 0.104 e. The van der Waals surface area contributed by atoms with Crippen molar-refractivity contribution in [2.45, 2.75) is 36.7 Å². The molecular formula is C12H18N2S3. The minimum atomic E-state index is 0.448. The predicted molar refractivity (Wildman–Crippen MR) is 82.2 cm³/mol. The van der Waals surface area contributed by atoms with Gasteiger partial charge in [-0.15, -0.1) is 23.5 Å². The average Bonchev–Trinajstić information content (AvgIpc) is 2.33. The Bertz CT molecular complexity index is 354. The summed E-state index contributed by atoms with van der Waals surface area (Å²) in [5, 5.41) is 2.05. The summed E-state index contributed by atoms with van der Waals surface area (Å²) in [6.45, 7) is 4.33. The first-order valence-corrected chi connectivity index (χ1v) is 8.12. The molecule has 1 heterocycles. The van der Waals surface area contributed by atoms with Gasteiger partial charge in [0.05, 0.1) is 10.1 Å². The number of hydrogen-bond donors (Lipinski definition) is 1. The SMILES string of the molecule is CCCSc1cc(C(N)=S)cc(SCCC)n1. The van der Waals surface area contributed by atoms with Gasteiger partial charge in [-0.25, -0.2) is 4.98 Å². The van der Waals surface area contributed by atoms with Gasteiger partial charge in [0.15, 0.2) is 0 Å². The second-order valence-electron chi connectivity index (χ2n) is 3.59. The van der Waals surface area contributed by atoms with E-state index in [2.05, 4.69) is 18.8 Å². The fourth-order valence-electron chi connectivity index (χ4n) is 1.18. The van der Waals surface area contributed by atoms with E-state index < -0.39 is 0 Å². The molecule has 5 heteroatoms. The number of rotatable bonds is 7. The lowest BCUT2D eigenvalue weighted by molar-refractivity contribution is 0.991. The zero-order chi connectivity index (χ0) is 12.7. The molecule has 0 aliphatic carbocycles. The molecule has 1 aromatic heterocycles. The number of nitrogens with two attached hydrogens (primary N) is 1. The Morgan fingerprint density at radius 2 is 1.65 bits per heavy atom. The highest BCUT2D eigenvalue weighted by atomic mass is 32.2. The summed E-state index contributed by atoms with van der Waals surface area (Å²) >= 11 is 8.56. The molecule has 0 fully saturated rings. The Kier molecular flexibility index (Phi) is 6.92. The van der Waals surface area contributed by atoms with Crippen LogP contribution in [0.25, 0.3) is 0 Å². The van der Waals surface area contributed by atoms with Crippen molar-refractivity contribution in [3.8, 4) is 0 Å². The average molecular weight is 286 g/mol. The molecule has 0 atom stereocenters. The third kappa shape index (κ3) is 5.27. The molecule has 0 aliphatic rings. The van der Waals surface area contributed by atoms with E-state index in [9.17, 15) is 0 Å². The highest BCUT2D eigenvalue weighted by Crippen LogP contribution is 2.24. The largest absolute Gasteiger partial charge is 0.389 e. The van der Waals surface area contributed by atoms with Crippen LogP contribution in [-0.2, 0) is 0 Å². The van der Waals surface area contributed by atoms with E-state index in [0.717, 1.165) is 40.0 Å². The molecule has 0 saturated heterocycles. The van der Waals surface area contributed by atoms with E-state index in [4.69, 9.17) is 18.0 Å². The molecule has 0 aliphatic heterocycles. The fraction of sp³-hybridized carbons (Fsp3) is 0.500. The van der Waals surface area contributed by atoms with Crippen molar-refractivity contribution in [3.63, 3.8) is 0 Å². The van der Waals surface area contributed by atoms with Crippen molar-refractivity contribution in [3.05, 3.63) is 17.7 Å². The van der Waals surface area contributed by atoms with E-state index >= 15 is 0 Å². The normalized spacial score (nSPS) is 10.5. The second-order valence-corrected chi connectivity index (χ2v) is 6.26. The molecule has 0 bridgehead atoms. The number of thiocarbonyl (C=S) groups is 1. The molecule has 1 rings (SSSR count). The Labute approximate surface area is 117 Å². The van der Waals surface area contributed by atoms with Gasteiger partial charge >= 0.3 is 0 Å². The topological polar surface area (TPSA) is 38.9 Å². The molecule has 0 radical (unpaired) electrons. The Morgan fingerprint density at radius 1 is 1.18 bits per heavy atom. The van der Waals surface area contributed by atoms with Crippen molar-refractivity contribution in [2.75, 3.05) is 11.5 Å². The summed E-state index contributed by atoms with van der Waals surface area (Å²) < 4.78 is 0. The first kappa shape index (κ1) is 14.8. The highest BCUT2D eigenvalue weighted by Gasteiger charge is 2.05. The summed E-state index contributed by atoms with van der Waals surface area (Å²) in [7, 11) is 0. The van der Waals surface area contributed by atoms with Crippen molar-refractivity contribution in [1.82, 2.24) is 4.98 Å². The number of pyridine rings is 1. The monoisotopic (exact) mass is 286 g/mol. The first-order chi connectivity index (χ1) is 8.17. The van der Waals surface area contributed by atoms with Crippen LogP contribution in [0.1, 0.15) is 32.3 Å². The van der Waals surface area contributed by atoms with E-state index in [1.54, 1.807) is 23.5 Å². The van der Waals surface area contributed by atoms with Crippen LogP contribution in [0, 0.1) is 0 Å².